The summed E-state index contributed by atoms with van der Waals surface area (Å²) in [6.07, 6.45) is 3.40. The van der Waals surface area contributed by atoms with E-state index in [1.54, 1.807) is 6.07 Å². The highest BCUT2D eigenvalue weighted by molar-refractivity contribution is 7.99. The fourth-order valence-electron chi connectivity index (χ4n) is 3.98. The fourth-order valence-corrected chi connectivity index (χ4v) is 5.36. The SMILES string of the molecule is CCOC(=O)CCS[C@@H]1Cc2ccc(O)cc2C(CC)(CC)[C@H]1[NH3+]. The summed E-state index contributed by atoms with van der Waals surface area (Å²) < 4.78 is 5.02. The van der Waals surface area contributed by atoms with Crippen molar-refractivity contribution >= 4 is 17.7 Å². The minimum absolute atomic E-state index is 0.00603. The second kappa shape index (κ2) is 8.26. The van der Waals surface area contributed by atoms with E-state index in [0.717, 1.165) is 25.0 Å². The van der Waals surface area contributed by atoms with Gasteiger partial charge in [-0.25, -0.2) is 0 Å². The van der Waals surface area contributed by atoms with Gasteiger partial charge in [0.25, 0.3) is 0 Å². The maximum atomic E-state index is 11.6. The number of aromatic hydroxyl groups is 1. The predicted octanol–water partition coefficient (Wildman–Crippen LogP) is 2.67. The zero-order valence-corrected chi connectivity index (χ0v) is 15.8. The van der Waals surface area contributed by atoms with Crippen molar-refractivity contribution in [3.63, 3.8) is 0 Å². The highest BCUT2D eigenvalue weighted by atomic mass is 32.2. The largest absolute Gasteiger partial charge is 0.508 e. The highest BCUT2D eigenvalue weighted by Crippen LogP contribution is 2.45. The molecule has 5 heteroatoms. The van der Waals surface area contributed by atoms with Crippen molar-refractivity contribution in [2.24, 2.45) is 0 Å². The molecule has 0 saturated heterocycles. The Kier molecular flexibility index (Phi) is 6.58. The first-order chi connectivity index (χ1) is 11.5. The zero-order valence-electron chi connectivity index (χ0n) is 15.0. The number of carbonyl (C=O) groups is 1. The Morgan fingerprint density at radius 2 is 2.08 bits per heavy atom. The van der Waals surface area contributed by atoms with Crippen molar-refractivity contribution in [2.45, 2.75) is 63.2 Å². The van der Waals surface area contributed by atoms with Crippen LogP contribution in [-0.2, 0) is 21.4 Å². The van der Waals surface area contributed by atoms with Crippen molar-refractivity contribution in [1.29, 1.82) is 0 Å². The summed E-state index contributed by atoms with van der Waals surface area (Å²) in [5.41, 5.74) is 7.08. The second-order valence-corrected chi connectivity index (χ2v) is 7.83. The lowest BCUT2D eigenvalue weighted by molar-refractivity contribution is -0.439. The standard InChI is InChI=1S/C19H29NO3S/c1-4-19(5-2)15-12-14(21)8-7-13(15)11-16(18(19)20)24-10-9-17(22)23-6-3/h7-8,12,16,18,21H,4-6,9-11,20H2,1-3H3/p+1/t16-,18+/m1/s1. The van der Waals surface area contributed by atoms with Crippen LogP contribution in [0.5, 0.6) is 5.75 Å². The first kappa shape index (κ1) is 19.1. The summed E-state index contributed by atoms with van der Waals surface area (Å²) >= 11 is 1.83. The van der Waals surface area contributed by atoms with Gasteiger partial charge in [-0.15, -0.1) is 0 Å². The van der Waals surface area contributed by atoms with Crippen LogP contribution >= 0.6 is 11.8 Å². The molecule has 1 aliphatic carbocycles. The number of hydrogen-bond acceptors (Lipinski definition) is 4. The number of carbonyl (C=O) groups excluding carboxylic acids is 1. The summed E-state index contributed by atoms with van der Waals surface area (Å²) in [5.74, 6) is 0.983. The predicted molar refractivity (Wildman–Crippen MR) is 98.2 cm³/mol. The number of esters is 1. The van der Waals surface area contributed by atoms with Gasteiger partial charge in [-0.2, -0.15) is 11.8 Å². The van der Waals surface area contributed by atoms with E-state index in [0.29, 0.717) is 24.0 Å². The summed E-state index contributed by atoms with van der Waals surface area (Å²) in [5, 5.41) is 10.3. The smallest absolute Gasteiger partial charge is 0.306 e. The Bertz CT molecular complexity index is 572. The average Bonchev–Trinajstić information content (AvgIpc) is 2.57. The molecule has 2 rings (SSSR count). The molecule has 1 aromatic rings. The van der Waals surface area contributed by atoms with E-state index >= 15 is 0 Å². The lowest BCUT2D eigenvalue weighted by Gasteiger charge is -2.44. The lowest BCUT2D eigenvalue weighted by Crippen LogP contribution is -2.75. The number of fused-ring (bicyclic) bond motifs is 1. The molecule has 0 heterocycles. The molecule has 0 unspecified atom stereocenters. The van der Waals surface area contributed by atoms with E-state index in [1.165, 1.54) is 11.1 Å². The van der Waals surface area contributed by atoms with Gasteiger partial charge in [0.15, 0.2) is 0 Å². The van der Waals surface area contributed by atoms with Crippen LogP contribution in [0.4, 0.5) is 0 Å². The van der Waals surface area contributed by atoms with Gasteiger partial charge >= 0.3 is 5.97 Å². The van der Waals surface area contributed by atoms with E-state index in [9.17, 15) is 9.90 Å². The normalized spacial score (nSPS) is 22.0. The van der Waals surface area contributed by atoms with Crippen LogP contribution < -0.4 is 5.73 Å². The van der Waals surface area contributed by atoms with Gasteiger partial charge in [0, 0.05) is 11.2 Å². The van der Waals surface area contributed by atoms with Crippen molar-refractivity contribution in [3.05, 3.63) is 29.3 Å². The number of ether oxygens (including phenoxy) is 1. The number of rotatable bonds is 7. The molecule has 134 valence electrons. The first-order valence-corrected chi connectivity index (χ1v) is 9.96. The number of phenolic OH excluding ortho intramolecular Hbond substituents is 1. The molecule has 0 amide bonds. The molecule has 24 heavy (non-hydrogen) atoms. The monoisotopic (exact) mass is 352 g/mol. The number of quaternary nitrogens is 1. The summed E-state index contributed by atoms with van der Waals surface area (Å²) in [6, 6.07) is 6.02. The fraction of sp³-hybridized carbons (Fsp3) is 0.632. The van der Waals surface area contributed by atoms with Crippen molar-refractivity contribution in [1.82, 2.24) is 0 Å². The third-order valence-corrected chi connectivity index (χ3v) is 6.78. The molecule has 0 spiro atoms. The molecule has 4 N–H and O–H groups in total. The van der Waals surface area contributed by atoms with Crippen molar-refractivity contribution < 1.29 is 20.4 Å². The molecule has 0 fully saturated rings. The van der Waals surface area contributed by atoms with Crippen LogP contribution in [0.25, 0.3) is 0 Å². The van der Waals surface area contributed by atoms with Gasteiger partial charge in [0.1, 0.15) is 11.8 Å². The number of phenols is 1. The molecule has 4 nitrogen and oxygen atoms in total. The minimum Gasteiger partial charge on any atom is -0.508 e. The molecule has 0 bridgehead atoms. The van der Waals surface area contributed by atoms with Crippen LogP contribution in [0.1, 0.15) is 51.2 Å². The van der Waals surface area contributed by atoms with E-state index in [-0.39, 0.29) is 17.4 Å². The molecule has 0 saturated carbocycles. The maximum Gasteiger partial charge on any atom is 0.306 e. The maximum absolute atomic E-state index is 11.6. The number of hydrogen-bond donors (Lipinski definition) is 2. The van der Waals surface area contributed by atoms with E-state index in [4.69, 9.17) is 4.74 Å². The van der Waals surface area contributed by atoms with Crippen LogP contribution in [0.3, 0.4) is 0 Å². The van der Waals surface area contributed by atoms with E-state index in [1.807, 2.05) is 24.8 Å². The molecular formula is C19H30NO3S+. The molecule has 1 aromatic carbocycles. The van der Waals surface area contributed by atoms with Gasteiger partial charge in [0.05, 0.1) is 18.3 Å². The van der Waals surface area contributed by atoms with Crippen LogP contribution in [0, 0.1) is 0 Å². The van der Waals surface area contributed by atoms with Crippen LogP contribution in [-0.4, -0.2) is 34.7 Å². The Morgan fingerprint density at radius 3 is 2.71 bits per heavy atom. The third kappa shape index (κ3) is 3.72. The summed E-state index contributed by atoms with van der Waals surface area (Å²) in [7, 11) is 0. The Morgan fingerprint density at radius 1 is 1.38 bits per heavy atom. The molecule has 0 aromatic heterocycles. The lowest BCUT2D eigenvalue weighted by atomic mass is 9.63. The topological polar surface area (TPSA) is 74.2 Å². The third-order valence-electron chi connectivity index (χ3n) is 5.41. The van der Waals surface area contributed by atoms with Gasteiger partial charge in [-0.05, 0) is 49.4 Å². The molecule has 2 atom stereocenters. The molecular weight excluding hydrogens is 322 g/mol. The van der Waals surface area contributed by atoms with Gasteiger partial charge in [-0.3, -0.25) is 4.79 Å². The Balaban J connectivity index is 2.18. The van der Waals surface area contributed by atoms with Gasteiger partial charge in [0.2, 0.25) is 0 Å². The van der Waals surface area contributed by atoms with E-state index < -0.39 is 0 Å². The molecule has 0 radical (unpaired) electrons. The van der Waals surface area contributed by atoms with Crippen LogP contribution in [0.2, 0.25) is 0 Å². The number of thioether (sulfide) groups is 1. The minimum atomic E-state index is -0.121. The highest BCUT2D eigenvalue weighted by Gasteiger charge is 2.47. The van der Waals surface area contributed by atoms with Crippen molar-refractivity contribution in [3.8, 4) is 5.75 Å². The Hall–Kier alpha value is -1.20. The van der Waals surface area contributed by atoms with Crippen LogP contribution in [0.15, 0.2) is 18.2 Å². The van der Waals surface area contributed by atoms with E-state index in [2.05, 4.69) is 25.6 Å². The average molecular weight is 353 g/mol. The van der Waals surface area contributed by atoms with Crippen molar-refractivity contribution in [2.75, 3.05) is 12.4 Å². The molecule has 1 aliphatic rings. The van der Waals surface area contributed by atoms with Gasteiger partial charge < -0.3 is 15.6 Å². The summed E-state index contributed by atoms with van der Waals surface area (Å²) in [4.78, 5) is 11.6. The van der Waals surface area contributed by atoms with Gasteiger partial charge in [-0.1, -0.05) is 19.9 Å². The second-order valence-electron chi connectivity index (χ2n) is 6.48. The Labute approximate surface area is 149 Å². The number of benzene rings is 1. The molecule has 0 aliphatic heterocycles. The quantitative estimate of drug-likeness (QED) is 0.740. The summed E-state index contributed by atoms with van der Waals surface area (Å²) in [6.45, 7) is 6.69. The first-order valence-electron chi connectivity index (χ1n) is 8.91. The zero-order chi connectivity index (χ0) is 17.7.